The number of aryl methyl sites for hydroxylation is 1. The van der Waals surface area contributed by atoms with Crippen LogP contribution in [0, 0.1) is 19.8 Å². The van der Waals surface area contributed by atoms with Gasteiger partial charge in [0.2, 0.25) is 10.0 Å². The molecule has 0 bridgehead atoms. The van der Waals surface area contributed by atoms with Crippen molar-refractivity contribution >= 4 is 15.9 Å². The van der Waals surface area contributed by atoms with Gasteiger partial charge < -0.3 is 5.32 Å². The second-order valence-corrected chi connectivity index (χ2v) is 8.33. The van der Waals surface area contributed by atoms with E-state index in [4.69, 9.17) is 0 Å². The minimum atomic E-state index is -3.58. The molecule has 1 N–H and O–H groups in total. The highest BCUT2D eigenvalue weighted by molar-refractivity contribution is 7.89. The number of amides is 1. The number of carbonyl (C=O) groups is 1. The zero-order valence-electron chi connectivity index (χ0n) is 14.4. The number of rotatable bonds is 5. The van der Waals surface area contributed by atoms with Crippen molar-refractivity contribution in [1.82, 2.24) is 9.62 Å². The lowest BCUT2D eigenvalue weighted by Gasteiger charge is -2.19. The Morgan fingerprint density at radius 3 is 2.14 bits per heavy atom. The van der Waals surface area contributed by atoms with Crippen LogP contribution in [-0.2, 0) is 10.0 Å². The van der Waals surface area contributed by atoms with E-state index in [-0.39, 0.29) is 16.8 Å². The molecule has 0 saturated heterocycles. The van der Waals surface area contributed by atoms with Crippen LogP contribution in [0.5, 0.6) is 0 Å². The first-order chi connectivity index (χ1) is 9.98. The monoisotopic (exact) mass is 326 g/mol. The molecule has 1 amide bonds. The molecule has 6 heteroatoms. The van der Waals surface area contributed by atoms with Crippen molar-refractivity contribution in [2.24, 2.45) is 5.92 Å². The molecule has 1 aromatic rings. The van der Waals surface area contributed by atoms with Gasteiger partial charge in [-0.15, -0.1) is 0 Å². The first-order valence-electron chi connectivity index (χ1n) is 7.33. The largest absolute Gasteiger partial charge is 0.349 e. The fraction of sp³-hybridized carbons (Fsp3) is 0.562. The Bertz CT molecular complexity index is 664. The molecule has 0 heterocycles. The van der Waals surface area contributed by atoms with Crippen molar-refractivity contribution in [3.8, 4) is 0 Å². The van der Waals surface area contributed by atoms with Crippen LogP contribution in [0.4, 0.5) is 0 Å². The average molecular weight is 326 g/mol. The van der Waals surface area contributed by atoms with Crippen molar-refractivity contribution in [2.45, 2.75) is 45.6 Å². The Hall–Kier alpha value is -1.40. The zero-order chi connectivity index (χ0) is 17.2. The Balaban J connectivity index is 3.31. The van der Waals surface area contributed by atoms with Crippen molar-refractivity contribution in [1.29, 1.82) is 0 Å². The highest BCUT2D eigenvalue weighted by Gasteiger charge is 2.23. The molecule has 0 radical (unpaired) electrons. The Morgan fingerprint density at radius 2 is 1.68 bits per heavy atom. The summed E-state index contributed by atoms with van der Waals surface area (Å²) in [5.74, 6) is 0.0555. The maximum absolute atomic E-state index is 12.4. The van der Waals surface area contributed by atoms with E-state index >= 15 is 0 Å². The maximum Gasteiger partial charge on any atom is 0.251 e. The summed E-state index contributed by atoms with van der Waals surface area (Å²) >= 11 is 0. The molecule has 1 rings (SSSR count). The lowest BCUT2D eigenvalue weighted by atomic mass is 10.0. The van der Waals surface area contributed by atoms with Crippen LogP contribution < -0.4 is 5.32 Å². The first-order valence-corrected chi connectivity index (χ1v) is 8.77. The number of sulfonamides is 1. The molecule has 22 heavy (non-hydrogen) atoms. The Kier molecular flexibility index (Phi) is 5.76. The van der Waals surface area contributed by atoms with Gasteiger partial charge >= 0.3 is 0 Å². The fourth-order valence-corrected chi connectivity index (χ4v) is 3.10. The third kappa shape index (κ3) is 3.87. The van der Waals surface area contributed by atoms with Crippen molar-refractivity contribution in [2.75, 3.05) is 14.1 Å². The SMILES string of the molecule is Cc1cc(C(=O)NC(C)C(C)C)cc(S(=O)(=O)N(C)C)c1C. The van der Waals surface area contributed by atoms with E-state index in [1.54, 1.807) is 13.0 Å². The van der Waals surface area contributed by atoms with Gasteiger partial charge in [-0.25, -0.2) is 12.7 Å². The standard InChI is InChI=1S/C16H26N2O3S/c1-10(2)13(5)17-16(19)14-8-11(3)12(4)15(9-14)22(20,21)18(6)7/h8-10,13H,1-7H3,(H,17,19). The minimum absolute atomic E-state index is 0.0167. The molecule has 1 atom stereocenters. The van der Waals surface area contributed by atoms with E-state index < -0.39 is 10.0 Å². The predicted octanol–water partition coefficient (Wildman–Crippen LogP) is 2.33. The molecular formula is C16H26N2O3S. The van der Waals surface area contributed by atoms with E-state index in [2.05, 4.69) is 5.32 Å². The van der Waals surface area contributed by atoms with Crippen LogP contribution in [0.15, 0.2) is 17.0 Å². The fourth-order valence-electron chi connectivity index (χ4n) is 1.88. The molecule has 0 aliphatic rings. The summed E-state index contributed by atoms with van der Waals surface area (Å²) < 4.78 is 26.0. The lowest BCUT2D eigenvalue weighted by Crippen LogP contribution is -2.36. The van der Waals surface area contributed by atoms with Gasteiger partial charge in [-0.3, -0.25) is 4.79 Å². The molecule has 0 aliphatic heterocycles. The number of nitrogens with one attached hydrogen (secondary N) is 1. The van der Waals surface area contributed by atoms with Gasteiger partial charge in [-0.05, 0) is 49.9 Å². The van der Waals surface area contributed by atoms with Crippen molar-refractivity contribution in [3.63, 3.8) is 0 Å². The van der Waals surface area contributed by atoms with Gasteiger partial charge in [-0.2, -0.15) is 0 Å². The summed E-state index contributed by atoms with van der Waals surface area (Å²) in [6.07, 6.45) is 0. The van der Waals surface area contributed by atoms with Gasteiger partial charge in [0.15, 0.2) is 0 Å². The second kappa shape index (κ2) is 6.79. The van der Waals surface area contributed by atoms with Gasteiger partial charge in [-0.1, -0.05) is 13.8 Å². The quantitative estimate of drug-likeness (QED) is 0.903. The van der Waals surface area contributed by atoms with E-state index in [0.29, 0.717) is 17.0 Å². The molecule has 0 saturated carbocycles. The maximum atomic E-state index is 12.4. The smallest absolute Gasteiger partial charge is 0.251 e. The summed E-state index contributed by atoms with van der Waals surface area (Å²) in [6.45, 7) is 9.54. The Morgan fingerprint density at radius 1 is 1.14 bits per heavy atom. The zero-order valence-corrected chi connectivity index (χ0v) is 15.2. The molecule has 0 aromatic heterocycles. The van der Waals surface area contributed by atoms with Crippen molar-refractivity contribution in [3.05, 3.63) is 28.8 Å². The molecule has 0 aliphatic carbocycles. The van der Waals surface area contributed by atoms with Gasteiger partial charge in [0, 0.05) is 25.7 Å². The molecule has 1 unspecified atom stereocenters. The van der Waals surface area contributed by atoms with Crippen molar-refractivity contribution < 1.29 is 13.2 Å². The van der Waals surface area contributed by atoms with Gasteiger partial charge in [0.05, 0.1) is 4.90 Å². The van der Waals surface area contributed by atoms with Crippen LogP contribution >= 0.6 is 0 Å². The summed E-state index contributed by atoms with van der Waals surface area (Å²) in [5.41, 5.74) is 1.82. The number of hydrogen-bond acceptors (Lipinski definition) is 3. The molecular weight excluding hydrogens is 300 g/mol. The van der Waals surface area contributed by atoms with Crippen LogP contribution in [0.2, 0.25) is 0 Å². The van der Waals surface area contributed by atoms with Crippen LogP contribution in [0.1, 0.15) is 42.3 Å². The van der Waals surface area contributed by atoms with E-state index in [1.165, 1.54) is 20.2 Å². The third-order valence-electron chi connectivity index (χ3n) is 4.00. The summed E-state index contributed by atoms with van der Waals surface area (Å²) in [6, 6.07) is 3.20. The molecule has 0 fully saturated rings. The third-order valence-corrected chi connectivity index (χ3v) is 5.94. The topological polar surface area (TPSA) is 66.5 Å². The molecule has 0 spiro atoms. The highest BCUT2D eigenvalue weighted by atomic mass is 32.2. The highest BCUT2D eigenvalue weighted by Crippen LogP contribution is 2.23. The molecule has 124 valence electrons. The van der Waals surface area contributed by atoms with E-state index in [0.717, 1.165) is 9.87 Å². The van der Waals surface area contributed by atoms with E-state index in [1.807, 2.05) is 27.7 Å². The Labute approximate surface area is 133 Å². The number of carbonyl (C=O) groups excluding carboxylic acids is 1. The second-order valence-electron chi connectivity index (χ2n) is 6.21. The number of nitrogens with zero attached hydrogens (tertiary/aromatic N) is 1. The van der Waals surface area contributed by atoms with Crippen LogP contribution in [-0.4, -0.2) is 38.8 Å². The van der Waals surface area contributed by atoms with Gasteiger partial charge in [0.1, 0.15) is 0 Å². The molecule has 1 aromatic carbocycles. The van der Waals surface area contributed by atoms with E-state index in [9.17, 15) is 13.2 Å². The summed E-state index contributed by atoms with van der Waals surface area (Å²) in [4.78, 5) is 12.5. The van der Waals surface area contributed by atoms with Crippen LogP contribution in [0.25, 0.3) is 0 Å². The summed E-state index contributed by atoms with van der Waals surface area (Å²) in [5, 5.41) is 2.90. The van der Waals surface area contributed by atoms with Crippen LogP contribution in [0.3, 0.4) is 0 Å². The number of hydrogen-bond donors (Lipinski definition) is 1. The van der Waals surface area contributed by atoms with Gasteiger partial charge in [0.25, 0.3) is 5.91 Å². The minimum Gasteiger partial charge on any atom is -0.349 e. The summed E-state index contributed by atoms with van der Waals surface area (Å²) in [7, 11) is -0.610. The first kappa shape index (κ1) is 18.6. The average Bonchev–Trinajstić information content (AvgIpc) is 2.40. The molecule has 5 nitrogen and oxygen atoms in total. The normalized spacial score (nSPS) is 13.5. The number of benzene rings is 1. The predicted molar refractivity (Wildman–Crippen MR) is 88.6 cm³/mol. The lowest BCUT2D eigenvalue weighted by molar-refractivity contribution is 0.0930.